The summed E-state index contributed by atoms with van der Waals surface area (Å²) < 4.78 is 12.6. The molecule has 0 aromatic heterocycles. The summed E-state index contributed by atoms with van der Waals surface area (Å²) in [5.41, 5.74) is 9.74. The van der Waals surface area contributed by atoms with Crippen LogP contribution in [0.3, 0.4) is 0 Å². The van der Waals surface area contributed by atoms with Gasteiger partial charge in [-0.05, 0) is 85.5 Å². The summed E-state index contributed by atoms with van der Waals surface area (Å²) in [6.07, 6.45) is 10.9. The van der Waals surface area contributed by atoms with Gasteiger partial charge in [-0.3, -0.25) is 0 Å². The highest BCUT2D eigenvalue weighted by Crippen LogP contribution is 2.74. The van der Waals surface area contributed by atoms with Gasteiger partial charge in [0.2, 0.25) is 0 Å². The number of hydrogen-bond donors (Lipinski definition) is 0. The SMILES string of the molecule is C[C@]12CC[C@H](N=[N+]=[N-])CC1CC[C@@H]1[C@@H]2CC[C@]2(C)C3(CC[C@@]12C)OCCO3. The number of fused-ring (bicyclic) bond motifs is 6. The Morgan fingerprint density at radius 2 is 1.67 bits per heavy atom. The van der Waals surface area contributed by atoms with Gasteiger partial charge in [-0.15, -0.1) is 0 Å². The fraction of sp³-hybridized carbons (Fsp3) is 1.00. The quantitative estimate of drug-likeness (QED) is 0.329. The van der Waals surface area contributed by atoms with E-state index in [-0.39, 0.29) is 17.2 Å². The summed E-state index contributed by atoms with van der Waals surface area (Å²) in [5.74, 6) is 1.99. The lowest BCUT2D eigenvalue weighted by Crippen LogP contribution is -2.61. The van der Waals surface area contributed by atoms with Crippen molar-refractivity contribution in [3.8, 4) is 0 Å². The highest BCUT2D eigenvalue weighted by atomic mass is 16.7. The van der Waals surface area contributed by atoms with Gasteiger partial charge in [0.05, 0.1) is 13.2 Å². The third-order valence-electron chi connectivity index (χ3n) is 10.5. The van der Waals surface area contributed by atoms with Crippen LogP contribution >= 0.6 is 0 Å². The molecule has 1 saturated heterocycles. The molecule has 0 aromatic rings. The van der Waals surface area contributed by atoms with Gasteiger partial charge in [0.1, 0.15) is 0 Å². The second-order valence-corrected chi connectivity index (χ2v) is 10.9. The van der Waals surface area contributed by atoms with Gasteiger partial charge in [-0.1, -0.05) is 25.9 Å². The summed E-state index contributed by atoms with van der Waals surface area (Å²) in [6.45, 7) is 9.15. The highest BCUT2D eigenvalue weighted by Gasteiger charge is 2.72. The predicted octanol–water partition coefficient (Wildman–Crippen LogP) is 5.84. The molecule has 0 amide bonds. The minimum Gasteiger partial charge on any atom is -0.347 e. The Kier molecular flexibility index (Phi) is 3.97. The third kappa shape index (κ3) is 2.17. The van der Waals surface area contributed by atoms with Crippen LogP contribution in [0.4, 0.5) is 0 Å². The van der Waals surface area contributed by atoms with E-state index >= 15 is 0 Å². The Labute approximate surface area is 163 Å². The van der Waals surface area contributed by atoms with E-state index in [9.17, 15) is 0 Å². The van der Waals surface area contributed by atoms with Crippen LogP contribution in [0.25, 0.3) is 10.4 Å². The zero-order chi connectivity index (χ0) is 18.9. The van der Waals surface area contributed by atoms with Gasteiger partial charge in [-0.25, -0.2) is 0 Å². The van der Waals surface area contributed by atoms with Crippen molar-refractivity contribution in [2.45, 2.75) is 90.4 Å². The largest absolute Gasteiger partial charge is 0.347 e. The van der Waals surface area contributed by atoms with Gasteiger partial charge < -0.3 is 9.47 Å². The minimum absolute atomic E-state index is 0.142. The summed E-state index contributed by atoms with van der Waals surface area (Å²) >= 11 is 0. The van der Waals surface area contributed by atoms with Crippen LogP contribution in [-0.4, -0.2) is 25.0 Å². The second kappa shape index (κ2) is 5.87. The molecule has 4 saturated carbocycles. The molecule has 7 atom stereocenters. The van der Waals surface area contributed by atoms with Crippen molar-refractivity contribution in [1.82, 2.24) is 0 Å². The van der Waals surface area contributed by atoms with Gasteiger partial charge in [0.15, 0.2) is 5.79 Å². The summed E-state index contributed by atoms with van der Waals surface area (Å²) in [4.78, 5) is 3.10. The van der Waals surface area contributed by atoms with E-state index in [2.05, 4.69) is 30.8 Å². The molecule has 5 nitrogen and oxygen atoms in total. The number of hydrogen-bond acceptors (Lipinski definition) is 3. The van der Waals surface area contributed by atoms with Crippen LogP contribution in [-0.2, 0) is 9.47 Å². The first-order valence-electron chi connectivity index (χ1n) is 11.2. The Bertz CT molecular complexity index is 670. The second-order valence-electron chi connectivity index (χ2n) is 10.9. The molecule has 27 heavy (non-hydrogen) atoms. The number of ether oxygens (including phenoxy) is 2. The van der Waals surface area contributed by atoms with Crippen molar-refractivity contribution in [1.29, 1.82) is 0 Å². The van der Waals surface area contributed by atoms with Crippen LogP contribution in [0, 0.1) is 34.0 Å². The smallest absolute Gasteiger partial charge is 0.174 e. The molecule has 0 aromatic carbocycles. The Morgan fingerprint density at radius 1 is 0.889 bits per heavy atom. The van der Waals surface area contributed by atoms with E-state index in [1.165, 1.54) is 38.5 Å². The molecular weight excluding hydrogens is 338 g/mol. The fourth-order valence-corrected chi connectivity index (χ4v) is 8.69. The normalized spacial score (nSPS) is 53.3. The van der Waals surface area contributed by atoms with E-state index in [0.717, 1.165) is 50.2 Å². The minimum atomic E-state index is -0.316. The maximum atomic E-state index is 8.87. The molecule has 1 heterocycles. The molecule has 4 aliphatic carbocycles. The van der Waals surface area contributed by atoms with Crippen LogP contribution in [0.1, 0.15) is 78.6 Å². The number of rotatable bonds is 1. The highest BCUT2D eigenvalue weighted by molar-refractivity contribution is 5.18. The van der Waals surface area contributed by atoms with Crippen molar-refractivity contribution in [3.05, 3.63) is 10.4 Å². The van der Waals surface area contributed by atoms with Crippen molar-refractivity contribution in [2.24, 2.45) is 39.1 Å². The molecule has 5 rings (SSSR count). The molecule has 1 unspecified atom stereocenters. The average molecular weight is 374 g/mol. The number of nitrogens with zero attached hydrogens (tertiary/aromatic N) is 3. The fourth-order valence-electron chi connectivity index (χ4n) is 8.69. The van der Waals surface area contributed by atoms with Crippen molar-refractivity contribution < 1.29 is 9.47 Å². The summed E-state index contributed by atoms with van der Waals surface area (Å²) in [7, 11) is 0. The van der Waals surface area contributed by atoms with Gasteiger partial charge in [0, 0.05) is 22.8 Å². The van der Waals surface area contributed by atoms with E-state index in [1.54, 1.807) is 0 Å². The third-order valence-corrected chi connectivity index (χ3v) is 10.5. The van der Waals surface area contributed by atoms with E-state index in [1.807, 2.05) is 0 Å². The van der Waals surface area contributed by atoms with Gasteiger partial charge in [-0.2, -0.15) is 0 Å². The first-order valence-corrected chi connectivity index (χ1v) is 11.2. The lowest BCUT2D eigenvalue weighted by molar-refractivity contribution is -0.267. The van der Waals surface area contributed by atoms with Gasteiger partial charge in [0.25, 0.3) is 0 Å². The first kappa shape index (κ1) is 18.3. The lowest BCUT2D eigenvalue weighted by atomic mass is 9.41. The molecule has 5 aliphatic rings. The van der Waals surface area contributed by atoms with E-state index in [4.69, 9.17) is 15.0 Å². The maximum absolute atomic E-state index is 8.87. The molecule has 0 N–H and O–H groups in total. The Hall–Kier alpha value is -0.770. The zero-order valence-electron chi connectivity index (χ0n) is 17.2. The van der Waals surface area contributed by atoms with Crippen molar-refractivity contribution in [2.75, 3.05) is 13.2 Å². The Morgan fingerprint density at radius 3 is 2.41 bits per heavy atom. The molecule has 0 bridgehead atoms. The molecular formula is C22H35N3O2. The molecule has 1 spiro atoms. The predicted molar refractivity (Wildman–Crippen MR) is 104 cm³/mol. The molecule has 150 valence electrons. The topological polar surface area (TPSA) is 67.2 Å². The Balaban J connectivity index is 1.46. The molecule has 5 fully saturated rings. The monoisotopic (exact) mass is 373 g/mol. The first-order chi connectivity index (χ1) is 12.9. The number of azide groups is 1. The average Bonchev–Trinajstić information content (AvgIpc) is 3.22. The van der Waals surface area contributed by atoms with Crippen LogP contribution in [0.15, 0.2) is 5.11 Å². The van der Waals surface area contributed by atoms with Crippen molar-refractivity contribution >= 4 is 0 Å². The summed E-state index contributed by atoms with van der Waals surface area (Å²) in [6, 6.07) is 0.226. The summed E-state index contributed by atoms with van der Waals surface area (Å²) in [5, 5.41) is 4.08. The maximum Gasteiger partial charge on any atom is 0.174 e. The van der Waals surface area contributed by atoms with Crippen LogP contribution in [0.2, 0.25) is 0 Å². The van der Waals surface area contributed by atoms with Gasteiger partial charge >= 0.3 is 0 Å². The van der Waals surface area contributed by atoms with Crippen LogP contribution < -0.4 is 0 Å². The van der Waals surface area contributed by atoms with Crippen molar-refractivity contribution in [3.63, 3.8) is 0 Å². The molecule has 5 heteroatoms. The standard InChI is InChI=1S/C22H35N3O2/c1-19-8-6-16(24-25-23)14-15(19)4-5-18-17(19)7-9-21(3)20(18,2)10-11-22(21)26-12-13-27-22/h15-18H,4-14H2,1-3H3/t15?,16-,17-,18+,19-,20-,21-/m0/s1. The van der Waals surface area contributed by atoms with E-state index < -0.39 is 0 Å². The van der Waals surface area contributed by atoms with Crippen LogP contribution in [0.5, 0.6) is 0 Å². The molecule has 0 radical (unpaired) electrons. The zero-order valence-corrected chi connectivity index (χ0v) is 17.2. The molecule has 1 aliphatic heterocycles. The lowest BCUT2D eigenvalue weighted by Gasteiger charge is -2.65. The van der Waals surface area contributed by atoms with E-state index in [0.29, 0.717) is 10.8 Å².